The van der Waals surface area contributed by atoms with Crippen LogP contribution in [0.15, 0.2) is 59.1 Å². The van der Waals surface area contributed by atoms with Crippen molar-refractivity contribution in [1.29, 1.82) is 0 Å². The molecule has 0 fully saturated rings. The van der Waals surface area contributed by atoms with Gasteiger partial charge in [0, 0.05) is 18.2 Å². The fourth-order valence-corrected chi connectivity index (χ4v) is 2.24. The minimum absolute atomic E-state index is 0.150. The molecule has 0 aliphatic heterocycles. The summed E-state index contributed by atoms with van der Waals surface area (Å²) in [6, 6.07) is 16.6. The SMILES string of the molecule is COc1cccc(NC(=O)NCc2nc(Cc3ccccc3)no2)c1. The van der Waals surface area contributed by atoms with Crippen molar-refractivity contribution in [2.45, 2.75) is 13.0 Å². The van der Waals surface area contributed by atoms with Gasteiger partial charge >= 0.3 is 6.03 Å². The summed E-state index contributed by atoms with van der Waals surface area (Å²) in [6.07, 6.45) is 0.584. The van der Waals surface area contributed by atoms with Gasteiger partial charge in [0.25, 0.3) is 0 Å². The number of rotatable bonds is 6. The maximum atomic E-state index is 11.9. The summed E-state index contributed by atoms with van der Waals surface area (Å²) < 4.78 is 10.3. The summed E-state index contributed by atoms with van der Waals surface area (Å²) >= 11 is 0. The van der Waals surface area contributed by atoms with E-state index in [2.05, 4.69) is 20.8 Å². The number of aromatic nitrogens is 2. The summed E-state index contributed by atoms with van der Waals surface area (Å²) in [4.78, 5) is 16.2. The smallest absolute Gasteiger partial charge is 0.319 e. The molecule has 0 radical (unpaired) electrons. The van der Waals surface area contributed by atoms with Crippen LogP contribution in [-0.4, -0.2) is 23.3 Å². The van der Waals surface area contributed by atoms with Gasteiger partial charge < -0.3 is 19.9 Å². The molecule has 0 saturated heterocycles. The van der Waals surface area contributed by atoms with Crippen LogP contribution in [0.25, 0.3) is 0 Å². The van der Waals surface area contributed by atoms with Crippen LogP contribution in [0.1, 0.15) is 17.3 Å². The number of nitrogens with zero attached hydrogens (tertiary/aromatic N) is 2. The van der Waals surface area contributed by atoms with Crippen LogP contribution in [-0.2, 0) is 13.0 Å². The number of hydrogen-bond donors (Lipinski definition) is 2. The quantitative estimate of drug-likeness (QED) is 0.721. The Kier molecular flexibility index (Phi) is 5.26. The molecule has 25 heavy (non-hydrogen) atoms. The molecule has 0 aliphatic carbocycles. The predicted octanol–water partition coefficient (Wildman–Crippen LogP) is 2.99. The molecule has 0 saturated carbocycles. The highest BCUT2D eigenvalue weighted by Crippen LogP contribution is 2.16. The van der Waals surface area contributed by atoms with Crippen LogP contribution in [0.2, 0.25) is 0 Å². The van der Waals surface area contributed by atoms with E-state index in [0.717, 1.165) is 5.56 Å². The summed E-state index contributed by atoms with van der Waals surface area (Å²) in [6.45, 7) is 0.150. The fourth-order valence-electron chi connectivity index (χ4n) is 2.24. The molecule has 3 rings (SSSR count). The zero-order valence-electron chi connectivity index (χ0n) is 13.7. The molecule has 128 valence electrons. The normalized spacial score (nSPS) is 10.3. The highest BCUT2D eigenvalue weighted by molar-refractivity contribution is 5.89. The molecule has 1 aromatic heterocycles. The van der Waals surface area contributed by atoms with Gasteiger partial charge in [-0.05, 0) is 17.7 Å². The number of urea groups is 1. The van der Waals surface area contributed by atoms with Crippen molar-refractivity contribution in [3.63, 3.8) is 0 Å². The van der Waals surface area contributed by atoms with Crippen molar-refractivity contribution in [2.75, 3.05) is 12.4 Å². The van der Waals surface area contributed by atoms with Crippen LogP contribution in [0.5, 0.6) is 5.75 Å². The van der Waals surface area contributed by atoms with Gasteiger partial charge in [0.1, 0.15) is 5.75 Å². The highest BCUT2D eigenvalue weighted by Gasteiger charge is 2.09. The molecule has 0 aliphatic rings. The Hall–Kier alpha value is -3.35. The third-order valence-electron chi connectivity index (χ3n) is 3.44. The lowest BCUT2D eigenvalue weighted by Gasteiger charge is -2.07. The van der Waals surface area contributed by atoms with Crippen LogP contribution in [0.4, 0.5) is 10.5 Å². The van der Waals surface area contributed by atoms with Gasteiger partial charge in [-0.1, -0.05) is 41.6 Å². The molecule has 0 unspecified atom stereocenters. The summed E-state index contributed by atoms with van der Waals surface area (Å²) in [5, 5.41) is 9.31. The Balaban J connectivity index is 1.50. The fraction of sp³-hybridized carbons (Fsp3) is 0.167. The number of anilines is 1. The average molecular weight is 338 g/mol. The first-order valence-corrected chi connectivity index (χ1v) is 7.77. The molecule has 0 atom stereocenters. The van der Waals surface area contributed by atoms with Crippen molar-refractivity contribution in [3.8, 4) is 5.75 Å². The van der Waals surface area contributed by atoms with E-state index in [4.69, 9.17) is 9.26 Å². The first-order chi connectivity index (χ1) is 12.2. The lowest BCUT2D eigenvalue weighted by molar-refractivity contribution is 0.249. The van der Waals surface area contributed by atoms with Crippen molar-refractivity contribution in [2.24, 2.45) is 0 Å². The molecule has 0 bridgehead atoms. The van der Waals surface area contributed by atoms with Crippen molar-refractivity contribution < 1.29 is 14.1 Å². The summed E-state index contributed by atoms with van der Waals surface area (Å²) in [5.41, 5.74) is 1.73. The minimum atomic E-state index is -0.365. The lowest BCUT2D eigenvalue weighted by atomic mass is 10.1. The Morgan fingerprint density at radius 2 is 2.00 bits per heavy atom. The Labute approximate surface area is 145 Å². The molecular weight excluding hydrogens is 320 g/mol. The third kappa shape index (κ3) is 4.81. The van der Waals surface area contributed by atoms with E-state index in [1.165, 1.54) is 0 Å². The first kappa shape index (κ1) is 16.5. The minimum Gasteiger partial charge on any atom is -0.497 e. The van der Waals surface area contributed by atoms with Gasteiger partial charge in [0.2, 0.25) is 5.89 Å². The number of carbonyl (C=O) groups excluding carboxylic acids is 1. The van der Waals surface area contributed by atoms with Crippen LogP contribution >= 0.6 is 0 Å². The third-order valence-corrected chi connectivity index (χ3v) is 3.44. The van der Waals surface area contributed by atoms with Crippen molar-refractivity contribution in [1.82, 2.24) is 15.5 Å². The first-order valence-electron chi connectivity index (χ1n) is 7.77. The van der Waals surface area contributed by atoms with E-state index in [1.807, 2.05) is 30.3 Å². The van der Waals surface area contributed by atoms with E-state index in [0.29, 0.717) is 29.6 Å². The van der Waals surface area contributed by atoms with E-state index in [-0.39, 0.29) is 12.6 Å². The molecule has 0 spiro atoms. The van der Waals surface area contributed by atoms with Gasteiger partial charge in [0.15, 0.2) is 5.82 Å². The molecule has 7 nitrogen and oxygen atoms in total. The molecule has 2 N–H and O–H groups in total. The largest absolute Gasteiger partial charge is 0.497 e. The molecular formula is C18H18N4O3. The highest BCUT2D eigenvalue weighted by atomic mass is 16.5. The zero-order valence-corrected chi connectivity index (χ0v) is 13.7. The Morgan fingerprint density at radius 1 is 1.16 bits per heavy atom. The second-order valence-corrected chi connectivity index (χ2v) is 5.31. The second kappa shape index (κ2) is 7.96. The van der Waals surface area contributed by atoms with Crippen LogP contribution in [0.3, 0.4) is 0 Å². The molecule has 1 heterocycles. The lowest BCUT2D eigenvalue weighted by Crippen LogP contribution is -2.28. The molecule has 2 amide bonds. The summed E-state index contributed by atoms with van der Waals surface area (Å²) in [5.74, 6) is 1.60. The summed E-state index contributed by atoms with van der Waals surface area (Å²) in [7, 11) is 1.57. The number of nitrogens with one attached hydrogen (secondary N) is 2. The monoisotopic (exact) mass is 338 g/mol. The predicted molar refractivity (Wildman–Crippen MR) is 92.4 cm³/mol. The Morgan fingerprint density at radius 3 is 2.80 bits per heavy atom. The van der Waals surface area contributed by atoms with E-state index >= 15 is 0 Å². The molecule has 3 aromatic rings. The topological polar surface area (TPSA) is 89.3 Å². The average Bonchev–Trinajstić information content (AvgIpc) is 3.08. The number of carbonyl (C=O) groups is 1. The van der Waals surface area contributed by atoms with E-state index in [9.17, 15) is 4.79 Å². The van der Waals surface area contributed by atoms with Crippen molar-refractivity contribution >= 4 is 11.7 Å². The number of benzene rings is 2. The van der Waals surface area contributed by atoms with Gasteiger partial charge in [-0.3, -0.25) is 0 Å². The van der Waals surface area contributed by atoms with Crippen LogP contribution < -0.4 is 15.4 Å². The molecule has 2 aromatic carbocycles. The van der Waals surface area contributed by atoms with Crippen molar-refractivity contribution in [3.05, 3.63) is 71.9 Å². The van der Waals surface area contributed by atoms with Gasteiger partial charge in [0.05, 0.1) is 13.7 Å². The van der Waals surface area contributed by atoms with E-state index < -0.39 is 0 Å². The van der Waals surface area contributed by atoms with Gasteiger partial charge in [-0.15, -0.1) is 0 Å². The second-order valence-electron chi connectivity index (χ2n) is 5.31. The number of hydrogen-bond acceptors (Lipinski definition) is 5. The standard InChI is InChI=1S/C18H18N4O3/c1-24-15-9-5-8-14(11-15)20-18(23)19-12-17-21-16(22-25-17)10-13-6-3-2-4-7-13/h2-9,11H,10,12H2,1H3,(H2,19,20,23). The maximum absolute atomic E-state index is 11.9. The van der Waals surface area contributed by atoms with E-state index in [1.54, 1.807) is 31.4 Å². The van der Waals surface area contributed by atoms with Gasteiger partial charge in [-0.25, -0.2) is 4.79 Å². The number of ether oxygens (including phenoxy) is 1. The number of amides is 2. The van der Waals surface area contributed by atoms with Crippen LogP contribution in [0, 0.1) is 0 Å². The maximum Gasteiger partial charge on any atom is 0.319 e. The zero-order chi connectivity index (χ0) is 17.5. The number of methoxy groups -OCH3 is 1. The Bertz CT molecular complexity index is 833. The van der Waals surface area contributed by atoms with Gasteiger partial charge in [-0.2, -0.15) is 4.98 Å². The molecule has 7 heteroatoms.